The van der Waals surface area contributed by atoms with Crippen LogP contribution >= 0.6 is 0 Å². The first kappa shape index (κ1) is 7.53. The molecule has 12 heavy (non-hydrogen) atoms. The van der Waals surface area contributed by atoms with Crippen molar-refractivity contribution in [3.63, 3.8) is 0 Å². The molecular weight excluding hydrogens is 150 g/mol. The maximum Gasteiger partial charge on any atom is 0.144 e. The molecule has 2 aliphatic heterocycles. The van der Waals surface area contributed by atoms with E-state index in [9.17, 15) is 0 Å². The number of amidine groups is 1. The normalized spacial score (nSPS) is 27.8. The molecule has 0 saturated carbocycles. The molecule has 0 aromatic heterocycles. The molecule has 3 heteroatoms. The zero-order valence-corrected chi connectivity index (χ0v) is 7.70. The largest absolute Gasteiger partial charge is 0.262 e. The molecule has 0 saturated heterocycles. The van der Waals surface area contributed by atoms with Crippen LogP contribution in [-0.4, -0.2) is 29.1 Å². The Hall–Kier alpha value is -1.12. The average Bonchev–Trinajstić information content (AvgIpc) is 2.30. The van der Waals surface area contributed by atoms with E-state index < -0.39 is 0 Å². The summed E-state index contributed by atoms with van der Waals surface area (Å²) >= 11 is 0. The summed E-state index contributed by atoms with van der Waals surface area (Å²) in [6, 6.07) is 0.388. The highest BCUT2D eigenvalue weighted by Crippen LogP contribution is 2.16. The van der Waals surface area contributed by atoms with Gasteiger partial charge in [-0.2, -0.15) is 5.10 Å². The average molecular weight is 163 g/mol. The van der Waals surface area contributed by atoms with Crippen LogP contribution in [0.1, 0.15) is 20.8 Å². The molecule has 1 atom stereocenters. The van der Waals surface area contributed by atoms with Crippen molar-refractivity contribution in [3.05, 3.63) is 11.6 Å². The molecule has 2 aliphatic rings. The summed E-state index contributed by atoms with van der Waals surface area (Å²) in [5, 5.41) is 6.41. The van der Waals surface area contributed by atoms with Crippen LogP contribution in [0.5, 0.6) is 0 Å². The van der Waals surface area contributed by atoms with E-state index in [0.717, 1.165) is 18.1 Å². The third-order valence-corrected chi connectivity index (χ3v) is 2.24. The fourth-order valence-corrected chi connectivity index (χ4v) is 1.44. The van der Waals surface area contributed by atoms with Gasteiger partial charge in [-0.25, -0.2) is 5.01 Å². The number of hydrazone groups is 1. The van der Waals surface area contributed by atoms with Crippen molar-refractivity contribution >= 4 is 11.5 Å². The predicted molar refractivity (Wildman–Crippen MR) is 50.5 cm³/mol. The number of hydrogen-bond donors (Lipinski definition) is 0. The van der Waals surface area contributed by atoms with Crippen LogP contribution in [0.15, 0.2) is 21.7 Å². The lowest BCUT2D eigenvalue weighted by Gasteiger charge is -2.18. The van der Waals surface area contributed by atoms with Gasteiger partial charge >= 0.3 is 0 Å². The molecule has 0 bridgehead atoms. The third kappa shape index (κ3) is 1.05. The summed E-state index contributed by atoms with van der Waals surface area (Å²) in [5.74, 6) is 1.02. The second kappa shape index (κ2) is 2.44. The number of hydrogen-bond acceptors (Lipinski definition) is 3. The Morgan fingerprint density at radius 1 is 1.50 bits per heavy atom. The zero-order chi connectivity index (χ0) is 8.72. The van der Waals surface area contributed by atoms with Gasteiger partial charge in [-0.05, 0) is 32.4 Å². The molecule has 0 spiro atoms. The van der Waals surface area contributed by atoms with Crippen molar-refractivity contribution in [1.29, 1.82) is 0 Å². The molecular formula is C9H13N3. The number of nitrogens with zero attached hydrogens (tertiary/aromatic N) is 3. The van der Waals surface area contributed by atoms with Crippen LogP contribution < -0.4 is 0 Å². The summed E-state index contributed by atoms with van der Waals surface area (Å²) in [5.41, 5.74) is 2.32. The van der Waals surface area contributed by atoms with Gasteiger partial charge in [-0.1, -0.05) is 0 Å². The molecule has 2 heterocycles. The lowest BCUT2D eigenvalue weighted by atomic mass is 10.1. The SMILES string of the molecule is CC1=CC2=NC(C)CN2N=C1C. The van der Waals surface area contributed by atoms with Gasteiger partial charge in [-0.15, -0.1) is 0 Å². The Morgan fingerprint density at radius 3 is 3.00 bits per heavy atom. The molecule has 1 unspecified atom stereocenters. The molecule has 0 amide bonds. The maximum atomic E-state index is 4.45. The van der Waals surface area contributed by atoms with Crippen molar-refractivity contribution in [1.82, 2.24) is 5.01 Å². The Labute approximate surface area is 72.5 Å². The van der Waals surface area contributed by atoms with Gasteiger partial charge < -0.3 is 0 Å². The minimum atomic E-state index is 0.388. The van der Waals surface area contributed by atoms with Crippen LogP contribution in [0, 0.1) is 0 Å². The lowest BCUT2D eigenvalue weighted by Crippen LogP contribution is -2.27. The Morgan fingerprint density at radius 2 is 2.25 bits per heavy atom. The van der Waals surface area contributed by atoms with Gasteiger partial charge in [0.2, 0.25) is 0 Å². The van der Waals surface area contributed by atoms with Gasteiger partial charge in [0.25, 0.3) is 0 Å². The van der Waals surface area contributed by atoms with E-state index in [0.29, 0.717) is 6.04 Å². The molecule has 0 radical (unpaired) electrons. The Kier molecular flexibility index (Phi) is 1.53. The van der Waals surface area contributed by atoms with Crippen LogP contribution in [0.25, 0.3) is 0 Å². The molecule has 0 aliphatic carbocycles. The van der Waals surface area contributed by atoms with Crippen LogP contribution in [0.2, 0.25) is 0 Å². The minimum Gasteiger partial charge on any atom is -0.262 e. The van der Waals surface area contributed by atoms with E-state index in [-0.39, 0.29) is 0 Å². The van der Waals surface area contributed by atoms with E-state index in [4.69, 9.17) is 0 Å². The highest BCUT2D eigenvalue weighted by atomic mass is 15.5. The highest BCUT2D eigenvalue weighted by molar-refractivity contribution is 6.08. The van der Waals surface area contributed by atoms with Gasteiger partial charge in [0.1, 0.15) is 5.84 Å². The lowest BCUT2D eigenvalue weighted by molar-refractivity contribution is 0.456. The molecule has 0 aromatic rings. The van der Waals surface area contributed by atoms with E-state index >= 15 is 0 Å². The van der Waals surface area contributed by atoms with Gasteiger partial charge in [0.15, 0.2) is 0 Å². The van der Waals surface area contributed by atoms with E-state index in [2.05, 4.69) is 30.0 Å². The van der Waals surface area contributed by atoms with E-state index in [1.165, 1.54) is 5.57 Å². The quantitative estimate of drug-likeness (QED) is 0.531. The van der Waals surface area contributed by atoms with E-state index in [1.54, 1.807) is 0 Å². The third-order valence-electron chi connectivity index (χ3n) is 2.24. The minimum absolute atomic E-state index is 0.388. The van der Waals surface area contributed by atoms with Crippen LogP contribution in [-0.2, 0) is 0 Å². The fraction of sp³-hybridized carbons (Fsp3) is 0.556. The van der Waals surface area contributed by atoms with Crippen molar-refractivity contribution in [2.75, 3.05) is 6.54 Å². The smallest absolute Gasteiger partial charge is 0.144 e. The zero-order valence-electron chi connectivity index (χ0n) is 7.70. The van der Waals surface area contributed by atoms with Crippen molar-refractivity contribution in [3.8, 4) is 0 Å². The highest BCUT2D eigenvalue weighted by Gasteiger charge is 2.23. The number of fused-ring (bicyclic) bond motifs is 1. The fourth-order valence-electron chi connectivity index (χ4n) is 1.44. The van der Waals surface area contributed by atoms with Crippen molar-refractivity contribution < 1.29 is 0 Å². The van der Waals surface area contributed by atoms with Gasteiger partial charge in [0, 0.05) is 0 Å². The van der Waals surface area contributed by atoms with Crippen LogP contribution in [0.3, 0.4) is 0 Å². The second-order valence-electron chi connectivity index (χ2n) is 3.43. The summed E-state index contributed by atoms with van der Waals surface area (Å²) in [6.45, 7) is 7.14. The second-order valence-corrected chi connectivity index (χ2v) is 3.43. The molecule has 0 aromatic carbocycles. The van der Waals surface area contributed by atoms with Crippen molar-refractivity contribution in [2.24, 2.45) is 10.1 Å². The number of aliphatic imine (C=N–C) groups is 1. The summed E-state index contributed by atoms with van der Waals surface area (Å²) in [6.07, 6.45) is 2.10. The van der Waals surface area contributed by atoms with Gasteiger partial charge in [0.05, 0.1) is 18.3 Å². The molecule has 0 fully saturated rings. The number of rotatable bonds is 0. The first-order chi connectivity index (χ1) is 5.66. The molecule has 64 valence electrons. The van der Waals surface area contributed by atoms with E-state index in [1.807, 2.05) is 11.9 Å². The first-order valence-corrected chi connectivity index (χ1v) is 4.26. The topological polar surface area (TPSA) is 28.0 Å². The molecule has 2 rings (SSSR count). The van der Waals surface area contributed by atoms with Gasteiger partial charge in [-0.3, -0.25) is 4.99 Å². The standard InChI is InChI=1S/C9H13N3/c1-6-4-9-10-7(2)5-12(9)11-8(6)3/h4,7H,5H2,1-3H3. The summed E-state index contributed by atoms with van der Waals surface area (Å²) in [4.78, 5) is 4.45. The predicted octanol–water partition coefficient (Wildman–Crippen LogP) is 1.42. The Balaban J connectivity index is 2.35. The summed E-state index contributed by atoms with van der Waals surface area (Å²) < 4.78 is 0. The summed E-state index contributed by atoms with van der Waals surface area (Å²) in [7, 11) is 0. The monoisotopic (exact) mass is 163 g/mol. The Bertz CT molecular complexity index is 299. The van der Waals surface area contributed by atoms with Crippen LogP contribution in [0.4, 0.5) is 0 Å². The van der Waals surface area contributed by atoms with Crippen molar-refractivity contribution in [2.45, 2.75) is 26.8 Å². The maximum absolute atomic E-state index is 4.45. The number of allylic oxidation sites excluding steroid dienone is 1. The first-order valence-electron chi connectivity index (χ1n) is 4.26. The molecule has 3 nitrogen and oxygen atoms in total. The molecule has 0 N–H and O–H groups in total.